The van der Waals surface area contributed by atoms with E-state index < -0.39 is 0 Å². The molecule has 0 aliphatic carbocycles. The minimum absolute atomic E-state index is 0.0863. The molecule has 0 aromatic carbocycles. The Labute approximate surface area is 106 Å². The van der Waals surface area contributed by atoms with E-state index >= 15 is 0 Å². The van der Waals surface area contributed by atoms with Crippen molar-refractivity contribution < 1.29 is 4.79 Å². The molecule has 1 aliphatic heterocycles. The van der Waals surface area contributed by atoms with Crippen molar-refractivity contribution in [3.8, 4) is 0 Å². The van der Waals surface area contributed by atoms with Gasteiger partial charge < -0.3 is 10.6 Å². The molecule has 1 heterocycles. The number of carbonyl (C=O) groups is 1. The fraction of sp³-hybridized carbons (Fsp3) is 0.929. The molecule has 3 heteroatoms. The molecule has 0 bridgehead atoms. The Balaban J connectivity index is 2.48. The van der Waals surface area contributed by atoms with Crippen molar-refractivity contribution in [2.75, 3.05) is 19.6 Å². The van der Waals surface area contributed by atoms with Crippen LogP contribution >= 0.6 is 0 Å². The highest BCUT2D eigenvalue weighted by Gasteiger charge is 2.38. The Morgan fingerprint density at radius 3 is 2.53 bits per heavy atom. The van der Waals surface area contributed by atoms with Crippen molar-refractivity contribution in [2.24, 2.45) is 11.3 Å². The summed E-state index contributed by atoms with van der Waals surface area (Å²) < 4.78 is 0. The zero-order valence-electron chi connectivity index (χ0n) is 11.6. The summed E-state index contributed by atoms with van der Waals surface area (Å²) in [4.78, 5) is 12.4. The van der Waals surface area contributed by atoms with E-state index in [2.05, 4.69) is 31.4 Å². The predicted octanol–water partition coefficient (Wildman–Crippen LogP) is 2.32. The van der Waals surface area contributed by atoms with Gasteiger partial charge in [-0.05, 0) is 44.7 Å². The number of amides is 1. The lowest BCUT2D eigenvalue weighted by atomic mass is 9.74. The normalized spacial score (nSPS) is 19.3. The summed E-state index contributed by atoms with van der Waals surface area (Å²) >= 11 is 0. The molecular weight excluding hydrogens is 212 g/mol. The molecule has 1 fully saturated rings. The minimum atomic E-state index is -0.0863. The van der Waals surface area contributed by atoms with Crippen molar-refractivity contribution in [2.45, 2.75) is 52.9 Å². The van der Waals surface area contributed by atoms with Crippen LogP contribution in [-0.4, -0.2) is 25.5 Å². The second-order valence-corrected chi connectivity index (χ2v) is 5.72. The van der Waals surface area contributed by atoms with E-state index in [-0.39, 0.29) is 5.41 Å². The molecule has 0 radical (unpaired) electrons. The highest BCUT2D eigenvalue weighted by atomic mass is 16.2. The number of piperidine rings is 1. The van der Waals surface area contributed by atoms with Crippen LogP contribution < -0.4 is 10.6 Å². The summed E-state index contributed by atoms with van der Waals surface area (Å²) in [7, 11) is 0. The maximum Gasteiger partial charge on any atom is 0.226 e. The third-order valence-electron chi connectivity index (χ3n) is 3.78. The molecule has 0 spiro atoms. The lowest BCUT2D eigenvalue weighted by Gasteiger charge is -2.36. The van der Waals surface area contributed by atoms with Crippen molar-refractivity contribution in [3.63, 3.8) is 0 Å². The van der Waals surface area contributed by atoms with E-state index in [0.29, 0.717) is 11.8 Å². The number of carbonyl (C=O) groups excluding carboxylic acids is 1. The summed E-state index contributed by atoms with van der Waals surface area (Å²) in [5.74, 6) is 0.951. The van der Waals surface area contributed by atoms with Gasteiger partial charge in [-0.1, -0.05) is 27.2 Å². The van der Waals surface area contributed by atoms with E-state index in [4.69, 9.17) is 0 Å². The van der Waals surface area contributed by atoms with E-state index in [0.717, 1.165) is 51.7 Å². The topological polar surface area (TPSA) is 41.1 Å². The molecule has 1 aliphatic rings. The van der Waals surface area contributed by atoms with Gasteiger partial charge in [0.2, 0.25) is 5.91 Å². The third-order valence-corrected chi connectivity index (χ3v) is 3.78. The zero-order valence-corrected chi connectivity index (χ0v) is 11.6. The standard InChI is InChI=1S/C14H28N2O/c1-4-6-14(7-10-15-11-8-14)13(17)16-9-5-12(2)3/h12,15H,4-11H2,1-3H3,(H,16,17). The first-order chi connectivity index (χ1) is 8.10. The van der Waals surface area contributed by atoms with Gasteiger partial charge in [0.05, 0.1) is 5.41 Å². The lowest BCUT2D eigenvalue weighted by molar-refractivity contribution is -0.133. The van der Waals surface area contributed by atoms with Gasteiger partial charge in [0.15, 0.2) is 0 Å². The molecule has 0 aromatic heterocycles. The summed E-state index contributed by atoms with van der Waals surface area (Å²) in [6.45, 7) is 9.35. The molecule has 0 saturated carbocycles. The van der Waals surface area contributed by atoms with Crippen molar-refractivity contribution in [3.05, 3.63) is 0 Å². The quantitative estimate of drug-likeness (QED) is 0.748. The first-order valence-electron chi connectivity index (χ1n) is 7.10. The first-order valence-corrected chi connectivity index (χ1v) is 7.10. The highest BCUT2D eigenvalue weighted by molar-refractivity contribution is 5.82. The maximum absolute atomic E-state index is 12.4. The molecule has 1 amide bonds. The number of rotatable bonds is 6. The molecule has 0 unspecified atom stereocenters. The van der Waals surface area contributed by atoms with Crippen LogP contribution in [-0.2, 0) is 4.79 Å². The highest BCUT2D eigenvalue weighted by Crippen LogP contribution is 2.34. The SMILES string of the molecule is CCCC1(C(=O)NCCC(C)C)CCNCC1. The third kappa shape index (κ3) is 4.30. The number of hydrogen-bond acceptors (Lipinski definition) is 2. The summed E-state index contributed by atoms with van der Waals surface area (Å²) in [6, 6.07) is 0. The first kappa shape index (κ1) is 14.5. The second kappa shape index (κ2) is 7.00. The fourth-order valence-electron chi connectivity index (χ4n) is 2.64. The molecule has 1 rings (SSSR count). The van der Waals surface area contributed by atoms with Gasteiger partial charge in [-0.3, -0.25) is 4.79 Å². The molecular formula is C14H28N2O. The van der Waals surface area contributed by atoms with Gasteiger partial charge in [-0.15, -0.1) is 0 Å². The molecule has 2 N–H and O–H groups in total. The van der Waals surface area contributed by atoms with Crippen molar-refractivity contribution in [1.29, 1.82) is 0 Å². The van der Waals surface area contributed by atoms with Crippen molar-refractivity contribution >= 4 is 5.91 Å². The summed E-state index contributed by atoms with van der Waals surface area (Å²) in [5.41, 5.74) is -0.0863. The Morgan fingerprint density at radius 1 is 1.35 bits per heavy atom. The molecule has 1 saturated heterocycles. The average Bonchev–Trinajstić information content (AvgIpc) is 2.30. The van der Waals surface area contributed by atoms with Gasteiger partial charge in [-0.2, -0.15) is 0 Å². The predicted molar refractivity (Wildman–Crippen MR) is 71.9 cm³/mol. The van der Waals surface area contributed by atoms with Gasteiger partial charge >= 0.3 is 0 Å². The maximum atomic E-state index is 12.4. The smallest absolute Gasteiger partial charge is 0.226 e. The van der Waals surface area contributed by atoms with E-state index in [1.165, 1.54) is 0 Å². The van der Waals surface area contributed by atoms with Crippen LogP contribution in [0.3, 0.4) is 0 Å². The number of nitrogens with one attached hydrogen (secondary N) is 2. The summed E-state index contributed by atoms with van der Waals surface area (Å²) in [5, 5.41) is 6.49. The van der Waals surface area contributed by atoms with Crippen LogP contribution in [0.25, 0.3) is 0 Å². The van der Waals surface area contributed by atoms with E-state index in [1.54, 1.807) is 0 Å². The van der Waals surface area contributed by atoms with Crippen LogP contribution in [0.15, 0.2) is 0 Å². The molecule has 3 nitrogen and oxygen atoms in total. The molecule has 100 valence electrons. The summed E-state index contributed by atoms with van der Waals surface area (Å²) in [6.07, 6.45) is 5.19. The zero-order chi connectivity index (χ0) is 12.7. The Hall–Kier alpha value is -0.570. The Kier molecular flexibility index (Phi) is 5.96. The van der Waals surface area contributed by atoms with Crippen LogP contribution in [0.2, 0.25) is 0 Å². The van der Waals surface area contributed by atoms with Gasteiger partial charge in [0, 0.05) is 6.54 Å². The van der Waals surface area contributed by atoms with Crippen LogP contribution in [0, 0.1) is 11.3 Å². The van der Waals surface area contributed by atoms with Crippen LogP contribution in [0.1, 0.15) is 52.9 Å². The average molecular weight is 240 g/mol. The Morgan fingerprint density at radius 2 is 2.00 bits per heavy atom. The largest absolute Gasteiger partial charge is 0.356 e. The molecule has 0 atom stereocenters. The monoisotopic (exact) mass is 240 g/mol. The van der Waals surface area contributed by atoms with E-state index in [9.17, 15) is 4.79 Å². The number of hydrogen-bond donors (Lipinski definition) is 2. The lowest BCUT2D eigenvalue weighted by Crippen LogP contribution is -2.47. The van der Waals surface area contributed by atoms with Crippen molar-refractivity contribution in [1.82, 2.24) is 10.6 Å². The molecule has 0 aromatic rings. The van der Waals surface area contributed by atoms with Gasteiger partial charge in [-0.25, -0.2) is 0 Å². The van der Waals surface area contributed by atoms with E-state index in [1.807, 2.05) is 0 Å². The van der Waals surface area contributed by atoms with Gasteiger partial charge in [0.1, 0.15) is 0 Å². The minimum Gasteiger partial charge on any atom is -0.356 e. The van der Waals surface area contributed by atoms with Crippen LogP contribution in [0.4, 0.5) is 0 Å². The molecule has 17 heavy (non-hydrogen) atoms. The van der Waals surface area contributed by atoms with Gasteiger partial charge in [0.25, 0.3) is 0 Å². The second-order valence-electron chi connectivity index (χ2n) is 5.72. The fourth-order valence-corrected chi connectivity index (χ4v) is 2.64. The Bertz CT molecular complexity index is 227. The van der Waals surface area contributed by atoms with Crippen LogP contribution in [0.5, 0.6) is 0 Å².